The van der Waals surface area contributed by atoms with Gasteiger partial charge in [-0.05, 0) is 25.0 Å². The van der Waals surface area contributed by atoms with Crippen LogP contribution in [0.1, 0.15) is 25.5 Å². The zero-order valence-corrected chi connectivity index (χ0v) is 12.4. The summed E-state index contributed by atoms with van der Waals surface area (Å²) in [6, 6.07) is -2.45. The number of hydrogen-bond donors (Lipinski definition) is 3. The summed E-state index contributed by atoms with van der Waals surface area (Å²) in [5.41, 5.74) is -1.28. The molecule has 4 nitrogen and oxygen atoms in total. The summed E-state index contributed by atoms with van der Waals surface area (Å²) in [6.45, 7) is 2.77. The van der Waals surface area contributed by atoms with Gasteiger partial charge in [0.1, 0.15) is 11.6 Å². The van der Waals surface area contributed by atoms with Crippen molar-refractivity contribution in [3.05, 3.63) is 35.4 Å². The van der Waals surface area contributed by atoms with Crippen LogP contribution < -0.4 is 10.6 Å². The zero-order chi connectivity index (χ0) is 17.8. The van der Waals surface area contributed by atoms with E-state index in [1.165, 1.54) is 12.2 Å². The molecular formula is C14H17F5N2O2. The molecule has 9 heteroatoms. The summed E-state index contributed by atoms with van der Waals surface area (Å²) in [5, 5.41) is 12.6. The molecule has 0 unspecified atom stereocenters. The first-order valence-electron chi connectivity index (χ1n) is 6.76. The normalized spacial score (nSPS) is 15.7. The van der Waals surface area contributed by atoms with Crippen molar-refractivity contribution < 1.29 is 31.9 Å². The molecule has 0 radical (unpaired) electrons. The second-order valence-corrected chi connectivity index (χ2v) is 5.18. The number of nitrogens with one attached hydrogen (secondary N) is 2. The lowest BCUT2D eigenvalue weighted by molar-refractivity contribution is -0.156. The standard InChI is InChI=1S/C14H17F5N2O2/c1-7(6-22)8(2)20-13(23)21-12(14(17,18)19)11-9(15)4-3-5-10(11)16/h3-5,7-8,12,22H,6H2,1-2H3,(H2,20,21,23)/t7-,8-,12-/m1/s1. The summed E-state index contributed by atoms with van der Waals surface area (Å²) in [6.07, 6.45) is -5.09. The fraction of sp³-hybridized carbons (Fsp3) is 0.500. The lowest BCUT2D eigenvalue weighted by atomic mass is 10.0. The molecule has 0 bridgehead atoms. The van der Waals surface area contributed by atoms with Gasteiger partial charge >= 0.3 is 12.2 Å². The number of aliphatic hydroxyl groups is 1. The van der Waals surface area contributed by atoms with Crippen molar-refractivity contribution in [1.29, 1.82) is 0 Å². The molecule has 1 aromatic rings. The van der Waals surface area contributed by atoms with Crippen LogP contribution in [0.5, 0.6) is 0 Å². The van der Waals surface area contributed by atoms with Gasteiger partial charge in [-0.15, -0.1) is 0 Å². The Bertz CT molecular complexity index is 530. The molecule has 23 heavy (non-hydrogen) atoms. The molecule has 3 atom stereocenters. The quantitative estimate of drug-likeness (QED) is 0.722. The monoisotopic (exact) mass is 340 g/mol. The van der Waals surface area contributed by atoms with Gasteiger partial charge in [-0.2, -0.15) is 13.2 Å². The van der Waals surface area contributed by atoms with E-state index in [2.05, 4.69) is 5.32 Å². The third-order valence-electron chi connectivity index (χ3n) is 3.39. The maximum Gasteiger partial charge on any atom is 0.413 e. The van der Waals surface area contributed by atoms with Gasteiger partial charge in [0.15, 0.2) is 6.04 Å². The highest BCUT2D eigenvalue weighted by molar-refractivity contribution is 5.75. The number of amides is 2. The maximum absolute atomic E-state index is 13.6. The summed E-state index contributed by atoms with van der Waals surface area (Å²) in [4.78, 5) is 11.7. The largest absolute Gasteiger partial charge is 0.413 e. The third kappa shape index (κ3) is 5.05. The number of rotatable bonds is 5. The zero-order valence-electron chi connectivity index (χ0n) is 12.4. The summed E-state index contributed by atoms with van der Waals surface area (Å²) in [5.74, 6) is -3.23. The summed E-state index contributed by atoms with van der Waals surface area (Å²) >= 11 is 0. The molecule has 0 saturated heterocycles. The topological polar surface area (TPSA) is 61.4 Å². The first-order chi connectivity index (χ1) is 10.6. The van der Waals surface area contributed by atoms with Gasteiger partial charge in [0.05, 0.1) is 5.56 Å². The second kappa shape index (κ2) is 7.58. The minimum Gasteiger partial charge on any atom is -0.396 e. The van der Waals surface area contributed by atoms with Crippen LogP contribution in [0.4, 0.5) is 26.7 Å². The number of aliphatic hydroxyl groups excluding tert-OH is 1. The molecule has 0 heterocycles. The SMILES string of the molecule is C[C@H](CO)[C@@H](C)NC(=O)N[C@H](c1c(F)cccc1F)C(F)(F)F. The van der Waals surface area contributed by atoms with Crippen molar-refractivity contribution in [3.63, 3.8) is 0 Å². The molecule has 0 aliphatic rings. The van der Waals surface area contributed by atoms with E-state index >= 15 is 0 Å². The Morgan fingerprint density at radius 3 is 2.13 bits per heavy atom. The molecule has 0 spiro atoms. The Balaban J connectivity index is 3.00. The second-order valence-electron chi connectivity index (χ2n) is 5.18. The first kappa shape index (κ1) is 19.1. The highest BCUT2D eigenvalue weighted by atomic mass is 19.4. The van der Waals surface area contributed by atoms with Crippen molar-refractivity contribution in [3.8, 4) is 0 Å². The minimum atomic E-state index is -5.09. The van der Waals surface area contributed by atoms with Crippen molar-refractivity contribution in [2.45, 2.75) is 32.1 Å². The van der Waals surface area contributed by atoms with Crippen LogP contribution in [-0.2, 0) is 0 Å². The molecule has 130 valence electrons. The Hall–Kier alpha value is -1.90. The van der Waals surface area contributed by atoms with Crippen LogP contribution in [-0.4, -0.2) is 30.0 Å². The number of urea groups is 1. The van der Waals surface area contributed by atoms with Crippen molar-refractivity contribution in [2.75, 3.05) is 6.61 Å². The molecule has 1 rings (SSSR count). The van der Waals surface area contributed by atoms with Gasteiger partial charge in [-0.25, -0.2) is 13.6 Å². The van der Waals surface area contributed by atoms with Crippen molar-refractivity contribution in [1.82, 2.24) is 10.6 Å². The van der Waals surface area contributed by atoms with Crippen LogP contribution in [0, 0.1) is 17.6 Å². The first-order valence-corrected chi connectivity index (χ1v) is 6.76. The Labute approximate surface area is 129 Å². The smallest absolute Gasteiger partial charge is 0.396 e. The fourth-order valence-electron chi connectivity index (χ4n) is 1.78. The number of carbonyl (C=O) groups is 1. The highest BCUT2D eigenvalue weighted by Crippen LogP contribution is 2.35. The van der Waals surface area contributed by atoms with E-state index < -0.39 is 47.4 Å². The van der Waals surface area contributed by atoms with Crippen LogP contribution in [0.2, 0.25) is 0 Å². The number of hydrogen-bond acceptors (Lipinski definition) is 2. The van der Waals surface area contributed by atoms with Gasteiger partial charge in [-0.1, -0.05) is 13.0 Å². The van der Waals surface area contributed by atoms with E-state index in [1.807, 2.05) is 0 Å². The average Bonchev–Trinajstić information content (AvgIpc) is 2.43. The average molecular weight is 340 g/mol. The Morgan fingerprint density at radius 1 is 1.17 bits per heavy atom. The lowest BCUT2D eigenvalue weighted by Crippen LogP contribution is -2.48. The number of benzene rings is 1. The Kier molecular flexibility index (Phi) is 6.31. The van der Waals surface area contributed by atoms with E-state index in [-0.39, 0.29) is 6.61 Å². The molecule has 2 amide bonds. The molecule has 0 aliphatic carbocycles. The number of alkyl halides is 3. The highest BCUT2D eigenvalue weighted by Gasteiger charge is 2.45. The van der Waals surface area contributed by atoms with E-state index in [0.29, 0.717) is 12.1 Å². The lowest BCUT2D eigenvalue weighted by Gasteiger charge is -2.25. The van der Waals surface area contributed by atoms with E-state index in [0.717, 1.165) is 6.07 Å². The van der Waals surface area contributed by atoms with Crippen molar-refractivity contribution in [2.24, 2.45) is 5.92 Å². The molecule has 0 aromatic heterocycles. The van der Waals surface area contributed by atoms with Crippen LogP contribution in [0.3, 0.4) is 0 Å². The minimum absolute atomic E-state index is 0.286. The summed E-state index contributed by atoms with van der Waals surface area (Å²) < 4.78 is 66.4. The predicted molar refractivity (Wildman–Crippen MR) is 72.5 cm³/mol. The van der Waals surface area contributed by atoms with Crippen LogP contribution in [0.15, 0.2) is 18.2 Å². The fourth-order valence-corrected chi connectivity index (χ4v) is 1.78. The third-order valence-corrected chi connectivity index (χ3v) is 3.39. The number of carbonyl (C=O) groups excluding carboxylic acids is 1. The molecule has 1 aromatic carbocycles. The van der Waals surface area contributed by atoms with E-state index in [4.69, 9.17) is 5.11 Å². The van der Waals surface area contributed by atoms with Gasteiger partial charge in [-0.3, -0.25) is 0 Å². The van der Waals surface area contributed by atoms with E-state index in [9.17, 15) is 26.7 Å². The van der Waals surface area contributed by atoms with Crippen LogP contribution >= 0.6 is 0 Å². The van der Waals surface area contributed by atoms with Gasteiger partial charge in [0.25, 0.3) is 0 Å². The Morgan fingerprint density at radius 2 is 1.70 bits per heavy atom. The maximum atomic E-state index is 13.6. The molecule has 0 fully saturated rings. The predicted octanol–water partition coefficient (Wildman–Crippen LogP) is 2.88. The van der Waals surface area contributed by atoms with E-state index in [1.54, 1.807) is 6.92 Å². The van der Waals surface area contributed by atoms with Gasteiger partial charge in [0, 0.05) is 12.6 Å². The van der Waals surface area contributed by atoms with Gasteiger partial charge < -0.3 is 15.7 Å². The number of halogens is 5. The van der Waals surface area contributed by atoms with Gasteiger partial charge in [0.2, 0.25) is 0 Å². The molecule has 3 N–H and O–H groups in total. The molecule has 0 saturated carbocycles. The summed E-state index contributed by atoms with van der Waals surface area (Å²) in [7, 11) is 0. The van der Waals surface area contributed by atoms with Crippen molar-refractivity contribution >= 4 is 6.03 Å². The molecule has 0 aliphatic heterocycles. The van der Waals surface area contributed by atoms with Crippen LogP contribution in [0.25, 0.3) is 0 Å². The molecular weight excluding hydrogens is 323 g/mol.